The molecular formula is C15H17NO3S. The van der Waals surface area contributed by atoms with Gasteiger partial charge < -0.3 is 15.2 Å². The van der Waals surface area contributed by atoms with Crippen molar-refractivity contribution in [1.82, 2.24) is 5.32 Å². The van der Waals surface area contributed by atoms with Crippen LogP contribution in [0, 0.1) is 0 Å². The van der Waals surface area contributed by atoms with Gasteiger partial charge in [-0.2, -0.15) is 0 Å². The molecule has 0 aliphatic carbocycles. The summed E-state index contributed by atoms with van der Waals surface area (Å²) >= 11 is 1.46. The number of carboxylic acids is 1. The van der Waals surface area contributed by atoms with E-state index in [1.165, 1.54) is 16.9 Å². The number of rotatable bonds is 6. The first-order valence-electron chi connectivity index (χ1n) is 6.28. The van der Waals surface area contributed by atoms with Crippen LogP contribution in [-0.4, -0.2) is 18.2 Å². The molecule has 2 N–H and O–H groups in total. The van der Waals surface area contributed by atoms with Crippen molar-refractivity contribution in [2.75, 3.05) is 7.11 Å². The van der Waals surface area contributed by atoms with Crippen LogP contribution in [0.15, 0.2) is 35.7 Å². The molecule has 1 aromatic carbocycles. The molecule has 1 heterocycles. The van der Waals surface area contributed by atoms with E-state index >= 15 is 0 Å². The van der Waals surface area contributed by atoms with Crippen molar-refractivity contribution in [1.29, 1.82) is 0 Å². The summed E-state index contributed by atoms with van der Waals surface area (Å²) in [5, 5.41) is 13.9. The van der Waals surface area contributed by atoms with E-state index < -0.39 is 5.97 Å². The Morgan fingerprint density at radius 2 is 2.10 bits per heavy atom. The van der Waals surface area contributed by atoms with E-state index in [2.05, 4.69) is 12.2 Å². The number of thiophene rings is 1. The molecule has 0 radical (unpaired) electrons. The molecule has 4 nitrogen and oxygen atoms in total. The molecule has 5 heteroatoms. The molecular weight excluding hydrogens is 274 g/mol. The van der Waals surface area contributed by atoms with Gasteiger partial charge in [0.25, 0.3) is 0 Å². The molecule has 0 aliphatic heterocycles. The van der Waals surface area contributed by atoms with E-state index in [0.29, 0.717) is 12.1 Å². The Bertz CT molecular complexity index is 577. The van der Waals surface area contributed by atoms with Crippen LogP contribution < -0.4 is 10.1 Å². The Hall–Kier alpha value is -1.85. The Balaban J connectivity index is 1.93. The highest BCUT2D eigenvalue weighted by molar-refractivity contribution is 7.10. The van der Waals surface area contributed by atoms with Gasteiger partial charge in [0.15, 0.2) is 0 Å². The zero-order valence-electron chi connectivity index (χ0n) is 11.4. The van der Waals surface area contributed by atoms with Gasteiger partial charge in [-0.15, -0.1) is 11.3 Å². The third-order valence-corrected chi connectivity index (χ3v) is 4.04. The summed E-state index contributed by atoms with van der Waals surface area (Å²) in [7, 11) is 1.65. The maximum atomic E-state index is 10.8. The molecule has 0 amide bonds. The lowest BCUT2D eigenvalue weighted by Gasteiger charge is -2.14. The summed E-state index contributed by atoms with van der Waals surface area (Å²) in [5.41, 5.74) is 1.52. The minimum Gasteiger partial charge on any atom is -0.497 e. The molecule has 0 spiro atoms. The molecule has 0 fully saturated rings. The number of carbonyl (C=O) groups is 1. The van der Waals surface area contributed by atoms with E-state index in [1.54, 1.807) is 18.6 Å². The van der Waals surface area contributed by atoms with Crippen LogP contribution in [-0.2, 0) is 6.54 Å². The Kier molecular flexibility index (Phi) is 4.76. The topological polar surface area (TPSA) is 58.6 Å². The summed E-state index contributed by atoms with van der Waals surface area (Å²) in [5.74, 6) is -0.0407. The maximum Gasteiger partial charge on any atom is 0.336 e. The molecule has 0 saturated carbocycles. The van der Waals surface area contributed by atoms with Gasteiger partial charge in [-0.3, -0.25) is 0 Å². The van der Waals surface area contributed by atoms with Crippen LogP contribution in [0.25, 0.3) is 0 Å². The summed E-state index contributed by atoms with van der Waals surface area (Å²) in [6.07, 6.45) is 0. The van der Waals surface area contributed by atoms with Gasteiger partial charge in [-0.1, -0.05) is 12.1 Å². The third-order valence-electron chi connectivity index (χ3n) is 3.10. The van der Waals surface area contributed by atoms with Gasteiger partial charge in [0.1, 0.15) is 5.75 Å². The second-order valence-electron chi connectivity index (χ2n) is 4.48. The van der Waals surface area contributed by atoms with E-state index in [0.717, 1.165) is 10.6 Å². The lowest BCUT2D eigenvalue weighted by Crippen LogP contribution is -2.17. The van der Waals surface area contributed by atoms with E-state index in [1.807, 2.05) is 24.3 Å². The predicted molar refractivity (Wildman–Crippen MR) is 79.5 cm³/mol. The predicted octanol–water partition coefficient (Wildman–Crippen LogP) is 3.31. The zero-order chi connectivity index (χ0) is 14.5. The van der Waals surface area contributed by atoms with Gasteiger partial charge in [-0.05, 0) is 30.7 Å². The summed E-state index contributed by atoms with van der Waals surface area (Å²) in [4.78, 5) is 11.8. The quantitative estimate of drug-likeness (QED) is 0.857. The molecule has 20 heavy (non-hydrogen) atoms. The van der Waals surface area contributed by atoms with E-state index in [-0.39, 0.29) is 6.04 Å². The number of benzene rings is 1. The number of nitrogens with one attached hydrogen (secondary N) is 1. The van der Waals surface area contributed by atoms with E-state index in [4.69, 9.17) is 9.84 Å². The van der Waals surface area contributed by atoms with Gasteiger partial charge in [0, 0.05) is 22.8 Å². The van der Waals surface area contributed by atoms with Crippen LogP contribution in [0.2, 0.25) is 0 Å². The minimum absolute atomic E-state index is 0.191. The zero-order valence-corrected chi connectivity index (χ0v) is 12.2. The van der Waals surface area contributed by atoms with Crippen molar-refractivity contribution >= 4 is 17.3 Å². The molecule has 0 aliphatic rings. The van der Waals surface area contributed by atoms with E-state index in [9.17, 15) is 4.79 Å². The van der Waals surface area contributed by atoms with Crippen LogP contribution in [0.5, 0.6) is 5.75 Å². The number of ether oxygens (including phenoxy) is 1. The number of aromatic carboxylic acids is 1. The Morgan fingerprint density at radius 1 is 1.40 bits per heavy atom. The number of hydrogen-bond acceptors (Lipinski definition) is 4. The highest BCUT2D eigenvalue weighted by Gasteiger charge is 2.09. The summed E-state index contributed by atoms with van der Waals surface area (Å²) in [6, 6.07) is 9.81. The number of carboxylic acid groups (broad SMARTS) is 1. The second kappa shape index (κ2) is 6.54. The molecule has 106 valence electrons. The number of hydrogen-bond donors (Lipinski definition) is 2. The van der Waals surface area contributed by atoms with Crippen LogP contribution >= 0.6 is 11.3 Å². The standard InChI is InChI=1S/C15H17NO3S/c1-10(11-3-5-13(19-2)6-4-11)16-8-14-7-12(9-20-14)15(17)18/h3-7,9-10,16H,8H2,1-2H3,(H,17,18)/t10-/m1/s1. The summed E-state index contributed by atoms with van der Waals surface area (Å²) < 4.78 is 5.13. The summed E-state index contributed by atoms with van der Waals surface area (Å²) in [6.45, 7) is 2.73. The maximum absolute atomic E-state index is 10.8. The highest BCUT2D eigenvalue weighted by atomic mass is 32.1. The lowest BCUT2D eigenvalue weighted by atomic mass is 10.1. The first kappa shape index (κ1) is 14.6. The van der Waals surface area contributed by atoms with Crippen molar-refractivity contribution in [3.8, 4) is 5.75 Å². The normalized spacial score (nSPS) is 12.1. The first-order chi connectivity index (χ1) is 9.60. The SMILES string of the molecule is COc1ccc([C@@H](C)NCc2cc(C(=O)O)cs2)cc1. The fourth-order valence-corrected chi connectivity index (χ4v) is 2.66. The van der Waals surface area contributed by atoms with Crippen molar-refractivity contribution in [2.24, 2.45) is 0 Å². The van der Waals surface area contributed by atoms with Crippen molar-refractivity contribution < 1.29 is 14.6 Å². The van der Waals surface area contributed by atoms with Gasteiger partial charge in [0.05, 0.1) is 12.7 Å². The minimum atomic E-state index is -0.879. The largest absolute Gasteiger partial charge is 0.497 e. The third kappa shape index (κ3) is 3.59. The van der Waals surface area contributed by atoms with Crippen LogP contribution in [0.4, 0.5) is 0 Å². The second-order valence-corrected chi connectivity index (χ2v) is 5.48. The lowest BCUT2D eigenvalue weighted by molar-refractivity contribution is 0.0697. The molecule has 0 saturated heterocycles. The fraction of sp³-hybridized carbons (Fsp3) is 0.267. The molecule has 2 aromatic rings. The molecule has 1 aromatic heterocycles. The Labute approximate surface area is 122 Å². The fourth-order valence-electron chi connectivity index (χ4n) is 1.85. The van der Waals surface area contributed by atoms with Crippen LogP contribution in [0.3, 0.4) is 0 Å². The van der Waals surface area contributed by atoms with Crippen molar-refractivity contribution in [3.05, 3.63) is 51.7 Å². The highest BCUT2D eigenvalue weighted by Crippen LogP contribution is 2.19. The van der Waals surface area contributed by atoms with Gasteiger partial charge in [-0.25, -0.2) is 4.79 Å². The van der Waals surface area contributed by atoms with Gasteiger partial charge in [0.2, 0.25) is 0 Å². The monoisotopic (exact) mass is 291 g/mol. The Morgan fingerprint density at radius 3 is 2.65 bits per heavy atom. The average Bonchev–Trinajstić information content (AvgIpc) is 2.94. The van der Waals surface area contributed by atoms with Crippen molar-refractivity contribution in [2.45, 2.75) is 19.5 Å². The smallest absolute Gasteiger partial charge is 0.336 e. The molecule has 0 bridgehead atoms. The molecule has 2 rings (SSSR count). The first-order valence-corrected chi connectivity index (χ1v) is 7.16. The average molecular weight is 291 g/mol. The molecule has 1 atom stereocenters. The van der Waals surface area contributed by atoms with Crippen molar-refractivity contribution in [3.63, 3.8) is 0 Å². The van der Waals surface area contributed by atoms with Crippen LogP contribution in [0.1, 0.15) is 33.8 Å². The number of methoxy groups -OCH3 is 1. The van der Waals surface area contributed by atoms with Gasteiger partial charge >= 0.3 is 5.97 Å². The molecule has 0 unspecified atom stereocenters.